The second-order valence-corrected chi connectivity index (χ2v) is 5.29. The molecule has 0 spiro atoms. The number of aromatic nitrogens is 3. The number of carbonyl (C=O) groups is 1. The molecule has 0 amide bonds. The molecule has 0 bridgehead atoms. The first kappa shape index (κ1) is 13.0. The highest BCUT2D eigenvalue weighted by molar-refractivity contribution is 7.92. The van der Waals surface area contributed by atoms with Gasteiger partial charge in [0.25, 0.3) is 10.0 Å². The number of anilines is 1. The lowest BCUT2D eigenvalue weighted by Crippen LogP contribution is -2.13. The third-order valence-electron chi connectivity index (χ3n) is 2.17. The van der Waals surface area contributed by atoms with Crippen molar-refractivity contribution >= 4 is 21.7 Å². The summed E-state index contributed by atoms with van der Waals surface area (Å²) in [5.41, 5.74) is 0.584. The molecule has 0 unspecified atom stereocenters. The predicted molar refractivity (Wildman–Crippen MR) is 65.0 cm³/mol. The number of aromatic amines is 1. The summed E-state index contributed by atoms with van der Waals surface area (Å²) in [7, 11) is -3.73. The highest BCUT2D eigenvalue weighted by atomic mass is 32.2. The van der Waals surface area contributed by atoms with Gasteiger partial charge < -0.3 is 5.11 Å². The van der Waals surface area contributed by atoms with Gasteiger partial charge in [0.05, 0.1) is 30.2 Å². The summed E-state index contributed by atoms with van der Waals surface area (Å²) < 4.78 is 25.9. The Labute approximate surface area is 108 Å². The molecule has 0 aliphatic carbocycles. The first-order valence-corrected chi connectivity index (χ1v) is 6.64. The Hall–Kier alpha value is -2.42. The average molecular weight is 282 g/mol. The van der Waals surface area contributed by atoms with Gasteiger partial charge in [-0.2, -0.15) is 13.5 Å². The van der Waals surface area contributed by atoms with Crippen LogP contribution in [0.15, 0.2) is 35.6 Å². The Morgan fingerprint density at radius 2 is 2.16 bits per heavy atom. The zero-order valence-corrected chi connectivity index (χ0v) is 10.4. The van der Waals surface area contributed by atoms with Crippen LogP contribution in [0.3, 0.4) is 0 Å². The Bertz CT molecular complexity index is 664. The van der Waals surface area contributed by atoms with Gasteiger partial charge in [-0.25, -0.2) is 0 Å². The van der Waals surface area contributed by atoms with E-state index in [1.807, 2.05) is 0 Å². The number of hydrogen-bond donors (Lipinski definition) is 3. The van der Waals surface area contributed by atoms with Gasteiger partial charge in [-0.1, -0.05) is 0 Å². The Balaban J connectivity index is 2.14. The molecule has 9 heteroatoms. The molecule has 3 N–H and O–H groups in total. The monoisotopic (exact) mass is 282 g/mol. The Morgan fingerprint density at radius 3 is 2.68 bits per heavy atom. The molecule has 2 heterocycles. The maximum absolute atomic E-state index is 11.8. The molecule has 0 aliphatic heterocycles. The Kier molecular flexibility index (Phi) is 3.47. The minimum atomic E-state index is -3.73. The van der Waals surface area contributed by atoms with E-state index in [4.69, 9.17) is 5.11 Å². The van der Waals surface area contributed by atoms with Gasteiger partial charge in [0.15, 0.2) is 5.03 Å². The van der Waals surface area contributed by atoms with Crippen molar-refractivity contribution in [3.8, 4) is 0 Å². The second-order valence-electron chi connectivity index (χ2n) is 3.64. The van der Waals surface area contributed by atoms with Gasteiger partial charge in [-0.3, -0.25) is 19.6 Å². The van der Waals surface area contributed by atoms with Crippen LogP contribution in [0.1, 0.15) is 5.69 Å². The van der Waals surface area contributed by atoms with E-state index in [1.54, 1.807) is 0 Å². The normalized spacial score (nSPS) is 11.2. The SMILES string of the molecule is O=C(O)Cc1ccc(NS(=O)(=O)c2ccn[nH]2)cn1. The molecule has 19 heavy (non-hydrogen) atoms. The van der Waals surface area contributed by atoms with Crippen molar-refractivity contribution in [3.63, 3.8) is 0 Å². The highest BCUT2D eigenvalue weighted by Crippen LogP contribution is 2.13. The summed E-state index contributed by atoms with van der Waals surface area (Å²) in [6.45, 7) is 0. The van der Waals surface area contributed by atoms with E-state index >= 15 is 0 Å². The second kappa shape index (κ2) is 5.06. The van der Waals surface area contributed by atoms with Crippen LogP contribution in [0, 0.1) is 0 Å². The van der Waals surface area contributed by atoms with Crippen LogP contribution >= 0.6 is 0 Å². The summed E-state index contributed by atoms with van der Waals surface area (Å²) in [6, 6.07) is 4.20. The minimum Gasteiger partial charge on any atom is -0.481 e. The number of pyridine rings is 1. The van der Waals surface area contributed by atoms with Crippen molar-refractivity contribution in [1.29, 1.82) is 0 Å². The number of carboxylic acids is 1. The number of nitrogens with zero attached hydrogens (tertiary/aromatic N) is 2. The van der Waals surface area contributed by atoms with E-state index in [1.165, 1.54) is 30.6 Å². The molecular formula is C10H10N4O4S. The first-order chi connectivity index (χ1) is 8.97. The fourth-order valence-corrected chi connectivity index (χ4v) is 2.30. The third-order valence-corrected chi connectivity index (χ3v) is 3.48. The van der Waals surface area contributed by atoms with Crippen molar-refractivity contribution in [3.05, 3.63) is 36.3 Å². The maximum atomic E-state index is 11.8. The van der Waals surface area contributed by atoms with E-state index in [-0.39, 0.29) is 17.1 Å². The fourth-order valence-electron chi connectivity index (χ4n) is 1.35. The van der Waals surface area contributed by atoms with E-state index in [2.05, 4.69) is 19.9 Å². The van der Waals surface area contributed by atoms with Crippen LogP contribution in [0.4, 0.5) is 5.69 Å². The molecular weight excluding hydrogens is 272 g/mol. The third kappa shape index (κ3) is 3.28. The largest absolute Gasteiger partial charge is 0.481 e. The number of rotatable bonds is 5. The molecule has 8 nitrogen and oxygen atoms in total. The average Bonchev–Trinajstić information content (AvgIpc) is 2.85. The van der Waals surface area contributed by atoms with Gasteiger partial charge >= 0.3 is 5.97 Å². The van der Waals surface area contributed by atoms with Gasteiger partial charge in [0.2, 0.25) is 0 Å². The maximum Gasteiger partial charge on any atom is 0.309 e. The number of aliphatic carboxylic acids is 1. The first-order valence-electron chi connectivity index (χ1n) is 5.16. The predicted octanol–water partition coefficient (Wildman–Crippen LogP) is 0.233. The Morgan fingerprint density at radius 1 is 1.37 bits per heavy atom. The van der Waals surface area contributed by atoms with E-state index in [9.17, 15) is 13.2 Å². The number of carboxylic acid groups (broad SMARTS) is 1. The molecule has 0 fully saturated rings. The van der Waals surface area contributed by atoms with Crippen molar-refractivity contribution in [2.45, 2.75) is 11.4 Å². The number of sulfonamides is 1. The number of nitrogens with one attached hydrogen (secondary N) is 2. The van der Waals surface area contributed by atoms with Gasteiger partial charge in [0.1, 0.15) is 0 Å². The summed E-state index contributed by atoms with van der Waals surface area (Å²) in [5.74, 6) is -1.00. The van der Waals surface area contributed by atoms with Gasteiger partial charge in [-0.05, 0) is 18.2 Å². The molecule has 2 rings (SSSR count). The van der Waals surface area contributed by atoms with Crippen molar-refractivity contribution in [2.75, 3.05) is 4.72 Å². The van der Waals surface area contributed by atoms with E-state index in [0.29, 0.717) is 5.69 Å². The zero-order chi connectivity index (χ0) is 13.9. The number of hydrogen-bond acceptors (Lipinski definition) is 5. The molecule has 0 saturated carbocycles. The van der Waals surface area contributed by atoms with Crippen LogP contribution in [0.25, 0.3) is 0 Å². The standard InChI is InChI=1S/C10H10N4O4S/c15-10(16)5-7-1-2-8(6-11-7)14-19(17,18)9-3-4-12-13-9/h1-4,6,14H,5H2,(H,12,13)(H,15,16). The molecule has 0 saturated heterocycles. The van der Waals surface area contributed by atoms with Crippen molar-refractivity contribution in [2.24, 2.45) is 0 Å². The van der Waals surface area contributed by atoms with E-state index < -0.39 is 16.0 Å². The molecule has 0 aliphatic rings. The lowest BCUT2D eigenvalue weighted by molar-refractivity contribution is -0.136. The summed E-state index contributed by atoms with van der Waals surface area (Å²) in [4.78, 5) is 14.3. The summed E-state index contributed by atoms with van der Waals surface area (Å²) >= 11 is 0. The molecule has 0 aromatic carbocycles. The molecule has 0 atom stereocenters. The summed E-state index contributed by atoms with van der Waals surface area (Å²) in [6.07, 6.45) is 2.36. The smallest absolute Gasteiger partial charge is 0.309 e. The van der Waals surface area contributed by atoms with Crippen molar-refractivity contribution in [1.82, 2.24) is 15.2 Å². The minimum absolute atomic E-state index is 0.0675. The molecule has 2 aromatic rings. The fraction of sp³-hybridized carbons (Fsp3) is 0.100. The van der Waals surface area contributed by atoms with Crippen molar-refractivity contribution < 1.29 is 18.3 Å². The highest BCUT2D eigenvalue weighted by Gasteiger charge is 2.15. The molecule has 100 valence electrons. The zero-order valence-electron chi connectivity index (χ0n) is 9.57. The van der Waals surface area contributed by atoms with Crippen LogP contribution in [-0.2, 0) is 21.2 Å². The lowest BCUT2D eigenvalue weighted by Gasteiger charge is -2.06. The molecule has 0 radical (unpaired) electrons. The van der Waals surface area contributed by atoms with Crippen LogP contribution in [0.5, 0.6) is 0 Å². The van der Waals surface area contributed by atoms with Gasteiger partial charge in [-0.15, -0.1) is 0 Å². The number of H-pyrrole nitrogens is 1. The van der Waals surface area contributed by atoms with Crippen LogP contribution in [0.2, 0.25) is 0 Å². The van der Waals surface area contributed by atoms with Gasteiger partial charge in [0, 0.05) is 0 Å². The molecule has 2 aromatic heterocycles. The quantitative estimate of drug-likeness (QED) is 0.721. The van der Waals surface area contributed by atoms with E-state index in [0.717, 1.165) is 0 Å². The lowest BCUT2D eigenvalue weighted by atomic mass is 10.3. The van der Waals surface area contributed by atoms with Crippen LogP contribution in [-0.4, -0.2) is 34.7 Å². The summed E-state index contributed by atoms with van der Waals surface area (Å²) in [5, 5.41) is 14.4. The van der Waals surface area contributed by atoms with Crippen LogP contribution < -0.4 is 4.72 Å². The topological polar surface area (TPSA) is 125 Å².